The third kappa shape index (κ3) is 3.42. The Morgan fingerprint density at radius 3 is 2.84 bits per heavy atom. The van der Waals surface area contributed by atoms with E-state index in [2.05, 4.69) is 10.3 Å². The predicted molar refractivity (Wildman–Crippen MR) is 94.1 cm³/mol. The van der Waals surface area contributed by atoms with Gasteiger partial charge in [-0.15, -0.1) is 11.3 Å². The van der Waals surface area contributed by atoms with E-state index in [-0.39, 0.29) is 17.7 Å². The molecule has 0 radical (unpaired) electrons. The van der Waals surface area contributed by atoms with Crippen LogP contribution in [0.1, 0.15) is 51.7 Å². The molecule has 7 heteroatoms. The molecule has 2 heterocycles. The summed E-state index contributed by atoms with van der Waals surface area (Å²) in [5, 5.41) is 3.65. The van der Waals surface area contributed by atoms with Crippen molar-refractivity contribution in [1.82, 2.24) is 15.2 Å². The number of aryl methyl sites for hydroxylation is 1. The number of halogens is 1. The van der Waals surface area contributed by atoms with Crippen molar-refractivity contribution in [2.24, 2.45) is 0 Å². The van der Waals surface area contributed by atoms with Gasteiger partial charge in [-0.2, -0.15) is 0 Å². The molecule has 1 saturated heterocycles. The summed E-state index contributed by atoms with van der Waals surface area (Å²) in [6.07, 6.45) is 0. The lowest BCUT2D eigenvalue weighted by Crippen LogP contribution is -2.52. The van der Waals surface area contributed by atoms with E-state index in [9.17, 15) is 14.0 Å². The highest BCUT2D eigenvalue weighted by Gasteiger charge is 2.36. The lowest BCUT2D eigenvalue weighted by molar-refractivity contribution is -0.128. The van der Waals surface area contributed by atoms with Crippen LogP contribution in [-0.4, -0.2) is 34.8 Å². The third-order valence-corrected chi connectivity index (χ3v) is 5.58. The molecule has 0 saturated carbocycles. The van der Waals surface area contributed by atoms with Gasteiger partial charge in [0.05, 0.1) is 10.7 Å². The van der Waals surface area contributed by atoms with Crippen LogP contribution in [0.4, 0.5) is 4.39 Å². The second kappa shape index (κ2) is 6.92. The Labute approximate surface area is 149 Å². The first-order chi connectivity index (χ1) is 11.9. The summed E-state index contributed by atoms with van der Waals surface area (Å²) in [6, 6.07) is 5.00. The zero-order valence-electron chi connectivity index (χ0n) is 14.4. The van der Waals surface area contributed by atoms with Crippen LogP contribution in [0.2, 0.25) is 0 Å². The van der Waals surface area contributed by atoms with Gasteiger partial charge >= 0.3 is 0 Å². The molecule has 25 heavy (non-hydrogen) atoms. The molecule has 1 fully saturated rings. The molecule has 132 valence electrons. The Kier molecular flexibility index (Phi) is 4.85. The van der Waals surface area contributed by atoms with E-state index >= 15 is 0 Å². The van der Waals surface area contributed by atoms with Gasteiger partial charge < -0.3 is 10.2 Å². The van der Waals surface area contributed by atoms with Gasteiger partial charge in [0, 0.05) is 19.0 Å². The first-order valence-corrected chi connectivity index (χ1v) is 9.01. The minimum Gasteiger partial charge on any atom is -0.352 e. The molecule has 1 aliphatic rings. The van der Waals surface area contributed by atoms with E-state index in [0.717, 1.165) is 5.01 Å². The van der Waals surface area contributed by atoms with Crippen molar-refractivity contribution in [2.75, 3.05) is 13.1 Å². The number of thiazole rings is 1. The quantitative estimate of drug-likeness (QED) is 0.914. The van der Waals surface area contributed by atoms with Crippen LogP contribution in [-0.2, 0) is 4.79 Å². The fraction of sp³-hybridized carbons (Fsp3) is 0.389. The maximum Gasteiger partial charge on any atom is 0.266 e. The number of hydrogen-bond donors (Lipinski definition) is 1. The zero-order chi connectivity index (χ0) is 18.1. The molecule has 2 amide bonds. The number of hydrogen-bond acceptors (Lipinski definition) is 4. The summed E-state index contributed by atoms with van der Waals surface area (Å²) in [4.78, 5) is 32.0. The second-order valence-corrected chi connectivity index (χ2v) is 7.40. The van der Waals surface area contributed by atoms with Crippen LogP contribution < -0.4 is 5.32 Å². The molecule has 1 N–H and O–H groups in total. The van der Waals surface area contributed by atoms with E-state index in [1.54, 1.807) is 19.1 Å². The monoisotopic (exact) mass is 361 g/mol. The molecule has 2 aromatic rings. The minimum absolute atomic E-state index is 0.230. The highest BCUT2D eigenvalue weighted by atomic mass is 32.1. The normalized spacial score (nSPS) is 17.7. The lowest BCUT2D eigenvalue weighted by atomic mass is 10.0. The molecular formula is C18H20FN3O2S. The fourth-order valence-corrected chi connectivity index (χ4v) is 3.91. The van der Waals surface area contributed by atoms with Crippen LogP contribution in [0.3, 0.4) is 0 Å². The zero-order valence-corrected chi connectivity index (χ0v) is 15.2. The molecule has 0 bridgehead atoms. The first-order valence-electron chi connectivity index (χ1n) is 8.20. The summed E-state index contributed by atoms with van der Waals surface area (Å²) in [6.45, 7) is 6.61. The topological polar surface area (TPSA) is 62.3 Å². The molecule has 0 spiro atoms. The average Bonchev–Trinajstić information content (AvgIpc) is 2.96. The van der Waals surface area contributed by atoms with Crippen molar-refractivity contribution >= 4 is 23.2 Å². The number of benzene rings is 1. The Hall–Kier alpha value is -2.28. The molecule has 1 aliphatic heterocycles. The number of aromatic nitrogens is 1. The largest absolute Gasteiger partial charge is 0.352 e. The maximum absolute atomic E-state index is 13.6. The van der Waals surface area contributed by atoms with Crippen molar-refractivity contribution < 1.29 is 14.0 Å². The van der Waals surface area contributed by atoms with E-state index in [1.807, 2.05) is 13.8 Å². The van der Waals surface area contributed by atoms with Crippen LogP contribution in [0.15, 0.2) is 24.3 Å². The Balaban J connectivity index is 1.98. The molecule has 1 atom stereocenters. The standard InChI is InChI=1S/C18H20FN3O2S/c1-10(2)17-21-11(3)15(25-17)18(24)22-8-7-20-16(23)14(22)12-5-4-6-13(19)9-12/h4-6,9-10,14H,7-8H2,1-3H3,(H,20,23)/t14-/m0/s1. The van der Waals surface area contributed by atoms with Crippen LogP contribution in [0, 0.1) is 12.7 Å². The van der Waals surface area contributed by atoms with Crippen molar-refractivity contribution in [2.45, 2.75) is 32.7 Å². The molecule has 0 aliphatic carbocycles. The Morgan fingerprint density at radius 2 is 2.20 bits per heavy atom. The number of carbonyl (C=O) groups is 2. The second-order valence-electron chi connectivity index (χ2n) is 6.37. The Morgan fingerprint density at radius 1 is 1.44 bits per heavy atom. The summed E-state index contributed by atoms with van der Waals surface area (Å²) in [5.74, 6) is -0.726. The summed E-state index contributed by atoms with van der Waals surface area (Å²) >= 11 is 1.36. The van der Waals surface area contributed by atoms with Crippen molar-refractivity contribution in [3.8, 4) is 0 Å². The minimum atomic E-state index is -0.832. The van der Waals surface area contributed by atoms with Crippen LogP contribution in [0.25, 0.3) is 0 Å². The summed E-state index contributed by atoms with van der Waals surface area (Å²) in [5.41, 5.74) is 1.14. The van der Waals surface area contributed by atoms with Gasteiger partial charge in [0.2, 0.25) is 5.91 Å². The van der Waals surface area contributed by atoms with Gasteiger partial charge in [-0.25, -0.2) is 9.37 Å². The molecule has 1 aromatic heterocycles. The number of amides is 2. The average molecular weight is 361 g/mol. The highest BCUT2D eigenvalue weighted by molar-refractivity contribution is 7.13. The summed E-state index contributed by atoms with van der Waals surface area (Å²) in [7, 11) is 0. The lowest BCUT2D eigenvalue weighted by Gasteiger charge is -2.35. The number of nitrogens with zero attached hydrogens (tertiary/aromatic N) is 2. The number of rotatable bonds is 3. The van der Waals surface area contributed by atoms with Gasteiger partial charge in [-0.3, -0.25) is 9.59 Å². The first kappa shape index (κ1) is 17.5. The van der Waals surface area contributed by atoms with Gasteiger partial charge in [-0.05, 0) is 24.6 Å². The smallest absolute Gasteiger partial charge is 0.266 e. The van der Waals surface area contributed by atoms with Gasteiger partial charge in [0.1, 0.15) is 16.7 Å². The van der Waals surface area contributed by atoms with E-state index in [4.69, 9.17) is 0 Å². The molecular weight excluding hydrogens is 341 g/mol. The Bertz CT molecular complexity index is 818. The van der Waals surface area contributed by atoms with Crippen LogP contribution >= 0.6 is 11.3 Å². The molecule has 1 aromatic carbocycles. The third-order valence-electron chi connectivity index (χ3n) is 4.14. The maximum atomic E-state index is 13.6. The summed E-state index contributed by atoms with van der Waals surface area (Å²) < 4.78 is 13.6. The molecule has 3 rings (SSSR count). The van der Waals surface area contributed by atoms with Crippen molar-refractivity contribution in [1.29, 1.82) is 0 Å². The number of nitrogens with one attached hydrogen (secondary N) is 1. The van der Waals surface area contributed by atoms with Crippen molar-refractivity contribution in [3.05, 3.63) is 51.2 Å². The van der Waals surface area contributed by atoms with Crippen molar-refractivity contribution in [3.63, 3.8) is 0 Å². The van der Waals surface area contributed by atoms with E-state index < -0.39 is 11.9 Å². The van der Waals surface area contributed by atoms with Gasteiger partial charge in [0.25, 0.3) is 5.91 Å². The SMILES string of the molecule is Cc1nc(C(C)C)sc1C(=O)N1CCNC(=O)[C@@H]1c1cccc(F)c1. The molecule has 0 unspecified atom stereocenters. The fourth-order valence-electron chi connectivity index (χ4n) is 2.89. The van der Waals surface area contributed by atoms with E-state index in [1.165, 1.54) is 28.4 Å². The molecule has 5 nitrogen and oxygen atoms in total. The number of carbonyl (C=O) groups excluding carboxylic acids is 2. The van der Waals surface area contributed by atoms with Crippen LogP contribution in [0.5, 0.6) is 0 Å². The highest BCUT2D eigenvalue weighted by Crippen LogP contribution is 2.30. The number of piperazine rings is 1. The van der Waals surface area contributed by atoms with Gasteiger partial charge in [0.15, 0.2) is 0 Å². The predicted octanol–water partition coefficient (Wildman–Crippen LogP) is 3.03. The van der Waals surface area contributed by atoms with Gasteiger partial charge in [-0.1, -0.05) is 26.0 Å². The van der Waals surface area contributed by atoms with E-state index in [0.29, 0.717) is 29.2 Å².